The lowest BCUT2D eigenvalue weighted by Crippen LogP contribution is -2.93. The van der Waals surface area contributed by atoms with Gasteiger partial charge in [0.25, 0.3) is 0 Å². The van der Waals surface area contributed by atoms with Crippen LogP contribution in [0.2, 0.25) is 0 Å². The molecular formula is C8H14NO+. The maximum absolute atomic E-state index is 11.3. The number of rotatable bonds is 0. The maximum atomic E-state index is 11.3. The molecular weight excluding hydrogens is 126 g/mol. The zero-order valence-electron chi connectivity index (χ0n) is 6.18. The molecule has 0 bridgehead atoms. The third kappa shape index (κ3) is 0.870. The van der Waals surface area contributed by atoms with Gasteiger partial charge in [-0.1, -0.05) is 0 Å². The van der Waals surface area contributed by atoms with Crippen molar-refractivity contribution in [1.82, 2.24) is 0 Å². The lowest BCUT2D eigenvalue weighted by Gasteiger charge is -2.21. The van der Waals surface area contributed by atoms with Crippen LogP contribution in [0.3, 0.4) is 0 Å². The predicted molar refractivity (Wildman–Crippen MR) is 37.5 cm³/mol. The van der Waals surface area contributed by atoms with Gasteiger partial charge in [-0.2, -0.15) is 0 Å². The fourth-order valence-corrected chi connectivity index (χ4v) is 2.30. The topological polar surface area (TPSA) is 33.7 Å². The number of hydrogen-bond donors (Lipinski definition) is 1. The third-order valence-corrected chi connectivity index (χ3v) is 2.84. The second-order valence-electron chi connectivity index (χ2n) is 3.44. The van der Waals surface area contributed by atoms with Gasteiger partial charge in [0.05, 0.1) is 24.9 Å². The summed E-state index contributed by atoms with van der Waals surface area (Å²) >= 11 is 0. The van der Waals surface area contributed by atoms with Crippen LogP contribution < -0.4 is 5.32 Å². The molecule has 2 N–H and O–H groups in total. The van der Waals surface area contributed by atoms with E-state index in [0.717, 1.165) is 13.0 Å². The first kappa shape index (κ1) is 6.35. The molecule has 1 aliphatic carbocycles. The highest BCUT2D eigenvalue weighted by atomic mass is 16.1. The van der Waals surface area contributed by atoms with Crippen LogP contribution in [0.1, 0.15) is 25.7 Å². The molecule has 56 valence electrons. The third-order valence-electron chi connectivity index (χ3n) is 2.84. The molecule has 2 aliphatic rings. The lowest BCUT2D eigenvalue weighted by molar-refractivity contribution is -0.695. The highest BCUT2D eigenvalue weighted by Gasteiger charge is 2.38. The van der Waals surface area contributed by atoms with Gasteiger partial charge in [-0.15, -0.1) is 0 Å². The first-order valence-corrected chi connectivity index (χ1v) is 4.24. The van der Waals surface area contributed by atoms with Gasteiger partial charge in [-0.3, -0.25) is 4.79 Å². The predicted octanol–water partition coefficient (Wildman–Crippen LogP) is -0.309. The SMILES string of the molecule is O=C1CC[NH2+][C@@H]2CCC[C@H]12. The van der Waals surface area contributed by atoms with Crippen molar-refractivity contribution < 1.29 is 10.1 Å². The van der Waals surface area contributed by atoms with Crippen molar-refractivity contribution in [2.24, 2.45) is 5.92 Å². The fraction of sp³-hybridized carbons (Fsp3) is 0.875. The van der Waals surface area contributed by atoms with E-state index in [1.54, 1.807) is 0 Å². The van der Waals surface area contributed by atoms with Crippen LogP contribution in [-0.4, -0.2) is 18.4 Å². The molecule has 2 fully saturated rings. The number of ketones is 1. The van der Waals surface area contributed by atoms with Crippen molar-refractivity contribution in [3.8, 4) is 0 Å². The Balaban J connectivity index is 2.10. The highest BCUT2D eigenvalue weighted by molar-refractivity contribution is 5.82. The molecule has 0 spiro atoms. The second-order valence-corrected chi connectivity index (χ2v) is 3.44. The van der Waals surface area contributed by atoms with E-state index in [2.05, 4.69) is 5.32 Å². The summed E-state index contributed by atoms with van der Waals surface area (Å²) in [7, 11) is 0. The molecule has 0 radical (unpaired) electrons. The Hall–Kier alpha value is -0.370. The Morgan fingerprint density at radius 3 is 3.10 bits per heavy atom. The Morgan fingerprint density at radius 2 is 2.30 bits per heavy atom. The molecule has 1 heterocycles. The minimum absolute atomic E-state index is 0.439. The molecule has 1 saturated carbocycles. The molecule has 2 heteroatoms. The number of Topliss-reactive ketones (excluding diaryl/α,β-unsaturated/α-hetero) is 1. The number of carbonyl (C=O) groups excluding carboxylic acids is 1. The van der Waals surface area contributed by atoms with Crippen molar-refractivity contribution in [2.45, 2.75) is 31.7 Å². The number of hydrogen-bond acceptors (Lipinski definition) is 1. The average Bonchev–Trinajstić information content (AvgIpc) is 2.36. The molecule has 0 aromatic carbocycles. The van der Waals surface area contributed by atoms with Crippen LogP contribution in [0.25, 0.3) is 0 Å². The van der Waals surface area contributed by atoms with E-state index in [-0.39, 0.29) is 0 Å². The second kappa shape index (κ2) is 2.35. The normalized spacial score (nSPS) is 39.8. The summed E-state index contributed by atoms with van der Waals surface area (Å²) in [4.78, 5) is 11.3. The Labute approximate surface area is 61.0 Å². The standard InChI is InChI=1S/C8H13NO/c10-8-4-5-9-7-3-1-2-6(7)8/h6-7,9H,1-5H2/p+1/t6-,7+/m0/s1. The van der Waals surface area contributed by atoms with E-state index in [0.29, 0.717) is 17.7 Å². The van der Waals surface area contributed by atoms with Crippen LogP contribution >= 0.6 is 0 Å². The van der Waals surface area contributed by atoms with Crippen LogP contribution in [0.15, 0.2) is 0 Å². The molecule has 2 nitrogen and oxygen atoms in total. The van der Waals surface area contributed by atoms with Crippen LogP contribution in [0.4, 0.5) is 0 Å². The van der Waals surface area contributed by atoms with Crippen molar-refractivity contribution in [2.75, 3.05) is 6.54 Å². The van der Waals surface area contributed by atoms with Gasteiger partial charge in [-0.05, 0) is 12.8 Å². The summed E-state index contributed by atoms with van der Waals surface area (Å²) in [5.74, 6) is 0.971. The number of nitrogens with two attached hydrogens (primary N) is 1. The van der Waals surface area contributed by atoms with Crippen molar-refractivity contribution in [1.29, 1.82) is 0 Å². The molecule has 0 aromatic heterocycles. The summed E-state index contributed by atoms with van der Waals surface area (Å²) in [5, 5.41) is 2.36. The molecule has 1 aliphatic heterocycles. The number of piperidine rings is 1. The smallest absolute Gasteiger partial charge is 0.147 e. The molecule has 0 amide bonds. The fourth-order valence-electron chi connectivity index (χ4n) is 2.30. The first-order chi connectivity index (χ1) is 4.88. The van der Waals surface area contributed by atoms with Crippen LogP contribution in [-0.2, 0) is 4.79 Å². The molecule has 2 atom stereocenters. The van der Waals surface area contributed by atoms with Crippen LogP contribution in [0, 0.1) is 5.92 Å². The van der Waals surface area contributed by atoms with Crippen molar-refractivity contribution in [3.05, 3.63) is 0 Å². The van der Waals surface area contributed by atoms with E-state index < -0.39 is 0 Å². The van der Waals surface area contributed by atoms with Crippen molar-refractivity contribution in [3.63, 3.8) is 0 Å². The van der Waals surface area contributed by atoms with Gasteiger partial charge < -0.3 is 5.32 Å². The van der Waals surface area contributed by atoms with E-state index in [1.165, 1.54) is 19.3 Å². The number of fused-ring (bicyclic) bond motifs is 1. The zero-order valence-corrected chi connectivity index (χ0v) is 6.18. The molecule has 10 heavy (non-hydrogen) atoms. The maximum Gasteiger partial charge on any atom is 0.147 e. The minimum atomic E-state index is 0.439. The molecule has 1 saturated heterocycles. The number of carbonyl (C=O) groups is 1. The van der Waals surface area contributed by atoms with Crippen molar-refractivity contribution >= 4 is 5.78 Å². The van der Waals surface area contributed by atoms with E-state index in [4.69, 9.17) is 0 Å². The van der Waals surface area contributed by atoms with Gasteiger partial charge in [0.2, 0.25) is 0 Å². The quantitative estimate of drug-likeness (QED) is 0.492. The molecule has 0 unspecified atom stereocenters. The Morgan fingerprint density at radius 1 is 1.40 bits per heavy atom. The molecule has 0 aromatic rings. The van der Waals surface area contributed by atoms with Gasteiger partial charge in [-0.25, -0.2) is 0 Å². The Bertz CT molecular complexity index is 155. The monoisotopic (exact) mass is 140 g/mol. The zero-order chi connectivity index (χ0) is 6.97. The largest absolute Gasteiger partial charge is 0.343 e. The summed E-state index contributed by atoms with van der Waals surface area (Å²) in [6, 6.07) is 0.668. The van der Waals surface area contributed by atoms with E-state index in [1.807, 2.05) is 0 Å². The summed E-state index contributed by atoms with van der Waals surface area (Å²) in [6.45, 7) is 1.04. The van der Waals surface area contributed by atoms with Crippen LogP contribution in [0.5, 0.6) is 0 Å². The van der Waals surface area contributed by atoms with E-state index >= 15 is 0 Å². The first-order valence-electron chi connectivity index (χ1n) is 4.24. The minimum Gasteiger partial charge on any atom is -0.343 e. The van der Waals surface area contributed by atoms with Gasteiger partial charge >= 0.3 is 0 Å². The lowest BCUT2D eigenvalue weighted by atomic mass is 9.93. The highest BCUT2D eigenvalue weighted by Crippen LogP contribution is 2.26. The van der Waals surface area contributed by atoms with Gasteiger partial charge in [0.1, 0.15) is 5.78 Å². The van der Waals surface area contributed by atoms with E-state index in [9.17, 15) is 4.79 Å². The summed E-state index contributed by atoms with van der Waals surface area (Å²) in [6.07, 6.45) is 4.54. The summed E-state index contributed by atoms with van der Waals surface area (Å²) < 4.78 is 0. The molecule has 2 rings (SSSR count). The Kier molecular flexibility index (Phi) is 1.49. The number of quaternary nitrogens is 1. The summed E-state index contributed by atoms with van der Waals surface area (Å²) in [5.41, 5.74) is 0. The van der Waals surface area contributed by atoms with Gasteiger partial charge in [0, 0.05) is 6.42 Å². The average molecular weight is 140 g/mol. The van der Waals surface area contributed by atoms with Gasteiger partial charge in [0.15, 0.2) is 0 Å².